The molecule has 4 nitrogen and oxygen atoms in total. The zero-order valence-electron chi connectivity index (χ0n) is 13.1. The molecule has 0 aromatic heterocycles. The summed E-state index contributed by atoms with van der Waals surface area (Å²) in [6.45, 7) is 0. The molecule has 0 saturated heterocycles. The van der Waals surface area contributed by atoms with E-state index in [4.69, 9.17) is 5.11 Å². The van der Waals surface area contributed by atoms with Gasteiger partial charge in [-0.15, -0.1) is 0 Å². The maximum atomic E-state index is 13.1. The van der Waals surface area contributed by atoms with Crippen LogP contribution >= 0.6 is 0 Å². The Kier molecular flexibility index (Phi) is 4.60. The Morgan fingerprint density at radius 2 is 1.79 bits per heavy atom. The SMILES string of the molecule is O=C(O)CC(NC(=O)c1ccc2c(c1)CCC2)c1ccc(F)cc1. The fourth-order valence-corrected chi connectivity index (χ4v) is 3.08. The number of hydrogen-bond acceptors (Lipinski definition) is 2. The first-order valence-electron chi connectivity index (χ1n) is 7.93. The summed E-state index contributed by atoms with van der Waals surface area (Å²) in [6.07, 6.45) is 2.83. The molecular formula is C19H18FNO3. The number of amides is 1. The first kappa shape index (κ1) is 16.2. The molecule has 3 rings (SSSR count). The minimum absolute atomic E-state index is 0.262. The van der Waals surface area contributed by atoms with Crippen LogP contribution in [0.2, 0.25) is 0 Å². The van der Waals surface area contributed by atoms with Crippen molar-refractivity contribution in [3.8, 4) is 0 Å². The van der Waals surface area contributed by atoms with E-state index in [9.17, 15) is 14.0 Å². The fraction of sp³-hybridized carbons (Fsp3) is 0.263. The molecule has 2 aromatic rings. The van der Waals surface area contributed by atoms with Crippen molar-refractivity contribution in [1.29, 1.82) is 0 Å². The van der Waals surface area contributed by atoms with Gasteiger partial charge in [-0.3, -0.25) is 9.59 Å². The molecule has 0 bridgehead atoms. The average molecular weight is 327 g/mol. The van der Waals surface area contributed by atoms with Crippen LogP contribution < -0.4 is 5.32 Å². The van der Waals surface area contributed by atoms with Crippen LogP contribution in [0.15, 0.2) is 42.5 Å². The lowest BCUT2D eigenvalue weighted by molar-refractivity contribution is -0.137. The van der Waals surface area contributed by atoms with Crippen molar-refractivity contribution < 1.29 is 19.1 Å². The lowest BCUT2D eigenvalue weighted by Gasteiger charge is -2.18. The molecule has 5 heteroatoms. The minimum Gasteiger partial charge on any atom is -0.481 e. The molecule has 1 unspecified atom stereocenters. The molecule has 1 atom stereocenters. The number of aliphatic carboxylic acids is 1. The highest BCUT2D eigenvalue weighted by atomic mass is 19.1. The number of hydrogen-bond donors (Lipinski definition) is 2. The lowest BCUT2D eigenvalue weighted by atomic mass is 10.0. The number of carbonyl (C=O) groups excluding carboxylic acids is 1. The predicted octanol–water partition coefficient (Wildman–Crippen LogP) is 3.26. The highest BCUT2D eigenvalue weighted by molar-refractivity contribution is 5.95. The van der Waals surface area contributed by atoms with Gasteiger partial charge in [0.05, 0.1) is 12.5 Å². The molecular weight excluding hydrogens is 309 g/mol. The van der Waals surface area contributed by atoms with Gasteiger partial charge in [-0.1, -0.05) is 18.2 Å². The summed E-state index contributed by atoms with van der Waals surface area (Å²) < 4.78 is 13.1. The topological polar surface area (TPSA) is 66.4 Å². The molecule has 0 aliphatic heterocycles. The fourth-order valence-electron chi connectivity index (χ4n) is 3.08. The van der Waals surface area contributed by atoms with Crippen LogP contribution in [-0.2, 0) is 17.6 Å². The van der Waals surface area contributed by atoms with E-state index < -0.39 is 17.8 Å². The molecule has 0 fully saturated rings. The third-order valence-electron chi connectivity index (χ3n) is 4.32. The van der Waals surface area contributed by atoms with E-state index in [2.05, 4.69) is 5.32 Å². The van der Waals surface area contributed by atoms with E-state index in [0.717, 1.165) is 19.3 Å². The van der Waals surface area contributed by atoms with Gasteiger partial charge in [0.1, 0.15) is 5.82 Å². The van der Waals surface area contributed by atoms with Crippen LogP contribution in [0.25, 0.3) is 0 Å². The summed E-state index contributed by atoms with van der Waals surface area (Å²) >= 11 is 0. The van der Waals surface area contributed by atoms with Gasteiger partial charge in [-0.25, -0.2) is 4.39 Å². The van der Waals surface area contributed by atoms with E-state index in [-0.39, 0.29) is 12.3 Å². The summed E-state index contributed by atoms with van der Waals surface area (Å²) in [6, 6.07) is 10.4. The molecule has 0 saturated carbocycles. The summed E-state index contributed by atoms with van der Waals surface area (Å²) in [5, 5.41) is 11.8. The number of carboxylic acid groups (broad SMARTS) is 1. The number of fused-ring (bicyclic) bond motifs is 1. The van der Waals surface area contributed by atoms with Crippen molar-refractivity contribution in [3.05, 3.63) is 70.5 Å². The largest absolute Gasteiger partial charge is 0.481 e. The second kappa shape index (κ2) is 6.83. The molecule has 0 spiro atoms. The first-order chi connectivity index (χ1) is 11.5. The number of carbonyl (C=O) groups is 2. The van der Waals surface area contributed by atoms with Gasteiger partial charge in [0, 0.05) is 5.56 Å². The molecule has 0 heterocycles. The van der Waals surface area contributed by atoms with Crippen molar-refractivity contribution in [1.82, 2.24) is 5.32 Å². The average Bonchev–Trinajstić information content (AvgIpc) is 3.02. The van der Waals surface area contributed by atoms with Crippen LogP contribution in [0, 0.1) is 5.82 Å². The Bertz CT molecular complexity index is 771. The molecule has 124 valence electrons. The van der Waals surface area contributed by atoms with Gasteiger partial charge in [-0.05, 0) is 60.2 Å². The Balaban J connectivity index is 1.80. The summed E-state index contributed by atoms with van der Waals surface area (Å²) in [4.78, 5) is 23.6. The summed E-state index contributed by atoms with van der Waals surface area (Å²) in [7, 11) is 0. The number of nitrogens with one attached hydrogen (secondary N) is 1. The van der Waals surface area contributed by atoms with Gasteiger partial charge in [-0.2, -0.15) is 0 Å². The lowest BCUT2D eigenvalue weighted by Crippen LogP contribution is -2.30. The van der Waals surface area contributed by atoms with Gasteiger partial charge in [0.2, 0.25) is 0 Å². The molecule has 2 aromatic carbocycles. The number of carboxylic acids is 1. The third-order valence-corrected chi connectivity index (χ3v) is 4.32. The minimum atomic E-state index is -1.03. The normalized spacial score (nSPS) is 14.0. The zero-order chi connectivity index (χ0) is 17.1. The van der Waals surface area contributed by atoms with Crippen molar-refractivity contribution in [2.75, 3.05) is 0 Å². The Hall–Kier alpha value is -2.69. The molecule has 1 amide bonds. The van der Waals surface area contributed by atoms with E-state index >= 15 is 0 Å². The van der Waals surface area contributed by atoms with Crippen LogP contribution in [0.5, 0.6) is 0 Å². The second-order valence-corrected chi connectivity index (χ2v) is 6.01. The Morgan fingerprint density at radius 1 is 1.08 bits per heavy atom. The smallest absolute Gasteiger partial charge is 0.305 e. The van der Waals surface area contributed by atoms with E-state index in [1.165, 1.54) is 35.4 Å². The van der Waals surface area contributed by atoms with Gasteiger partial charge >= 0.3 is 5.97 Å². The number of benzene rings is 2. The molecule has 1 aliphatic rings. The van der Waals surface area contributed by atoms with Crippen molar-refractivity contribution in [2.24, 2.45) is 0 Å². The van der Waals surface area contributed by atoms with Gasteiger partial charge in [0.15, 0.2) is 0 Å². The number of halogens is 1. The molecule has 2 N–H and O–H groups in total. The molecule has 24 heavy (non-hydrogen) atoms. The Labute approximate surface area is 139 Å². The van der Waals surface area contributed by atoms with Crippen LogP contribution in [-0.4, -0.2) is 17.0 Å². The standard InChI is InChI=1S/C19H18FNO3/c20-16-8-6-13(7-9-16)17(11-18(22)23)21-19(24)15-5-4-12-2-1-3-14(12)10-15/h4-10,17H,1-3,11H2,(H,21,24)(H,22,23). The summed E-state index contributed by atoms with van der Waals surface area (Å²) in [5.74, 6) is -1.75. The van der Waals surface area contributed by atoms with Crippen LogP contribution in [0.1, 0.15) is 45.9 Å². The maximum Gasteiger partial charge on any atom is 0.305 e. The van der Waals surface area contributed by atoms with E-state index in [0.29, 0.717) is 11.1 Å². The Morgan fingerprint density at radius 3 is 2.50 bits per heavy atom. The predicted molar refractivity (Wildman–Crippen MR) is 87.3 cm³/mol. The molecule has 1 aliphatic carbocycles. The van der Waals surface area contributed by atoms with Crippen LogP contribution in [0.3, 0.4) is 0 Å². The zero-order valence-corrected chi connectivity index (χ0v) is 13.1. The molecule has 0 radical (unpaired) electrons. The second-order valence-electron chi connectivity index (χ2n) is 6.01. The van der Waals surface area contributed by atoms with Crippen molar-refractivity contribution in [2.45, 2.75) is 31.7 Å². The van der Waals surface area contributed by atoms with Gasteiger partial charge < -0.3 is 10.4 Å². The maximum absolute atomic E-state index is 13.1. The third kappa shape index (κ3) is 3.62. The summed E-state index contributed by atoms with van der Waals surface area (Å²) in [5.41, 5.74) is 3.54. The highest BCUT2D eigenvalue weighted by Gasteiger charge is 2.20. The van der Waals surface area contributed by atoms with E-state index in [1.807, 2.05) is 12.1 Å². The monoisotopic (exact) mass is 327 g/mol. The van der Waals surface area contributed by atoms with Crippen molar-refractivity contribution >= 4 is 11.9 Å². The number of aryl methyl sites for hydroxylation is 2. The van der Waals surface area contributed by atoms with Crippen LogP contribution in [0.4, 0.5) is 4.39 Å². The number of rotatable bonds is 5. The van der Waals surface area contributed by atoms with Crippen molar-refractivity contribution in [3.63, 3.8) is 0 Å². The van der Waals surface area contributed by atoms with Gasteiger partial charge in [0.25, 0.3) is 5.91 Å². The van der Waals surface area contributed by atoms with E-state index in [1.54, 1.807) is 6.07 Å². The first-order valence-corrected chi connectivity index (χ1v) is 7.93. The highest BCUT2D eigenvalue weighted by Crippen LogP contribution is 2.24. The quantitative estimate of drug-likeness (QED) is 0.886.